The summed E-state index contributed by atoms with van der Waals surface area (Å²) < 4.78 is 14.7. The van der Waals surface area contributed by atoms with E-state index in [1.165, 1.54) is 6.08 Å². The first-order chi connectivity index (χ1) is 20.9. The molecule has 3 aliphatic rings. The predicted octanol–water partition coefficient (Wildman–Crippen LogP) is 6.69. The zero-order valence-corrected chi connectivity index (χ0v) is 28.7. The van der Waals surface area contributed by atoms with Crippen molar-refractivity contribution >= 4 is 53.0 Å². The van der Waals surface area contributed by atoms with Crippen molar-refractivity contribution in [2.75, 3.05) is 63.2 Å². The Morgan fingerprint density at radius 3 is 2.50 bits per heavy atom. The van der Waals surface area contributed by atoms with Gasteiger partial charge in [0.15, 0.2) is 5.82 Å². The van der Waals surface area contributed by atoms with Gasteiger partial charge in [-0.15, -0.1) is 0 Å². The number of halogens is 2. The summed E-state index contributed by atoms with van der Waals surface area (Å²) in [6.45, 7) is 17.5. The van der Waals surface area contributed by atoms with Crippen LogP contribution >= 0.6 is 30.3 Å². The molecule has 9 nitrogen and oxygen atoms in total. The molecule has 44 heavy (non-hydrogen) atoms. The number of aromatic amines is 1. The quantitative estimate of drug-likeness (QED) is 0.234. The summed E-state index contributed by atoms with van der Waals surface area (Å²) in [7, 11) is -1.94. The maximum Gasteiger partial charge on any atom is 0.245 e. The minimum Gasteiger partial charge on any atom is -0.349 e. The second kappa shape index (κ2) is 12.1. The lowest BCUT2D eigenvalue weighted by Crippen LogP contribution is -2.52. The number of likely N-dealkylation sites (tertiary alicyclic amines) is 1. The van der Waals surface area contributed by atoms with Gasteiger partial charge in [0.2, 0.25) is 5.91 Å². The highest BCUT2D eigenvalue weighted by atomic mass is 35.5. The van der Waals surface area contributed by atoms with Crippen LogP contribution in [0.25, 0.3) is 22.0 Å². The average Bonchev–Trinajstić information content (AvgIpc) is 3.58. The number of carbonyl (C=O) groups excluding carboxylic acids is 1. The zero-order chi connectivity index (χ0) is 31.4. The first kappa shape index (κ1) is 31.7. The van der Waals surface area contributed by atoms with Gasteiger partial charge in [0, 0.05) is 79.3 Å². The van der Waals surface area contributed by atoms with E-state index in [0.717, 1.165) is 97.7 Å². The second-order valence-electron chi connectivity index (χ2n) is 13.7. The van der Waals surface area contributed by atoms with Crippen LogP contribution in [0.5, 0.6) is 0 Å². The Balaban J connectivity index is 1.35. The van der Waals surface area contributed by atoms with Crippen molar-refractivity contribution < 1.29 is 9.36 Å². The number of amides is 1. The number of rotatable bonds is 6. The number of hydrogen-bond donors (Lipinski definition) is 1. The van der Waals surface area contributed by atoms with E-state index in [9.17, 15) is 9.36 Å². The van der Waals surface area contributed by atoms with Gasteiger partial charge in [-0.2, -0.15) is 10.2 Å². The van der Waals surface area contributed by atoms with Gasteiger partial charge in [0.1, 0.15) is 0 Å². The van der Waals surface area contributed by atoms with Gasteiger partial charge in [-0.25, -0.2) is 0 Å². The fourth-order valence-corrected chi connectivity index (χ4v) is 9.73. The Hall–Kier alpha value is -2.32. The molecule has 1 aromatic carbocycles. The normalized spacial score (nSPS) is 22.9. The molecule has 0 saturated carbocycles. The first-order valence-electron chi connectivity index (χ1n) is 15.8. The van der Waals surface area contributed by atoms with Crippen molar-refractivity contribution in [2.45, 2.75) is 58.0 Å². The Labute approximate surface area is 270 Å². The fourth-order valence-electron chi connectivity index (χ4n) is 7.64. The monoisotopic (exact) mass is 659 g/mol. The molecule has 1 amide bonds. The van der Waals surface area contributed by atoms with Crippen LogP contribution in [-0.2, 0) is 9.36 Å². The lowest BCUT2D eigenvalue weighted by molar-refractivity contribution is -0.127. The minimum atomic E-state index is -1.94. The van der Waals surface area contributed by atoms with Crippen molar-refractivity contribution in [3.8, 4) is 11.1 Å². The number of benzene rings is 1. The molecule has 5 heterocycles. The maximum absolute atomic E-state index is 12.5. The molecule has 3 aliphatic heterocycles. The van der Waals surface area contributed by atoms with Crippen LogP contribution < -0.4 is 4.90 Å². The number of nitrogens with zero attached hydrogens (tertiary/aromatic N) is 6. The topological polar surface area (TPSA) is 90.4 Å². The summed E-state index contributed by atoms with van der Waals surface area (Å²) >= 11 is 13.7. The highest BCUT2D eigenvalue weighted by Crippen LogP contribution is 2.48. The first-order valence-corrected chi connectivity index (χ1v) is 19.0. The zero-order valence-electron chi connectivity index (χ0n) is 26.3. The molecule has 0 bridgehead atoms. The third-order valence-corrected chi connectivity index (χ3v) is 13.2. The van der Waals surface area contributed by atoms with Gasteiger partial charge in [-0.1, -0.05) is 29.8 Å². The number of nitrogens with one attached hydrogen (secondary N) is 1. The highest BCUT2D eigenvalue weighted by molar-refractivity contribution is 7.63. The van der Waals surface area contributed by atoms with Crippen molar-refractivity contribution in [1.82, 2.24) is 29.8 Å². The molecule has 1 N–H and O–H groups in total. The van der Waals surface area contributed by atoms with Crippen LogP contribution in [0.1, 0.15) is 51.3 Å². The van der Waals surface area contributed by atoms with Gasteiger partial charge < -0.3 is 19.3 Å². The van der Waals surface area contributed by atoms with Crippen LogP contribution in [-0.4, -0.2) is 99.5 Å². The summed E-state index contributed by atoms with van der Waals surface area (Å²) in [6.07, 6.45) is 8.60. The Morgan fingerprint density at radius 1 is 1.14 bits per heavy atom. The maximum atomic E-state index is 12.5. The number of piperidine rings is 2. The second-order valence-corrected chi connectivity index (χ2v) is 18.0. The molecule has 6 rings (SSSR count). The number of fused-ring (bicyclic) bond motifs is 1. The van der Waals surface area contributed by atoms with Gasteiger partial charge in [-0.05, 0) is 71.2 Å². The number of H-pyrrole nitrogens is 1. The molecule has 3 fully saturated rings. The largest absolute Gasteiger partial charge is 0.349 e. The summed E-state index contributed by atoms with van der Waals surface area (Å²) in [5, 5.41) is 14.7. The van der Waals surface area contributed by atoms with E-state index in [1.54, 1.807) is 0 Å². The van der Waals surface area contributed by atoms with E-state index in [4.69, 9.17) is 28.3 Å². The molecule has 2 aromatic heterocycles. The molecular weight excluding hydrogens is 616 g/mol. The number of aromatic nitrogens is 4. The van der Waals surface area contributed by atoms with Crippen molar-refractivity contribution in [3.05, 3.63) is 40.7 Å². The summed E-state index contributed by atoms with van der Waals surface area (Å²) in [5.74, 6) is 1.46. The van der Waals surface area contributed by atoms with Gasteiger partial charge in [0.25, 0.3) is 0 Å². The van der Waals surface area contributed by atoms with Crippen molar-refractivity contribution in [3.63, 3.8) is 0 Å². The van der Waals surface area contributed by atoms with E-state index >= 15 is 0 Å². The third kappa shape index (κ3) is 5.97. The average molecular weight is 661 g/mol. The summed E-state index contributed by atoms with van der Waals surface area (Å²) in [6, 6.07) is 1.98. The standard InChI is InChI=1S/C32H44Cl2N7O2P/c1-6-27(42)39-10-8-23(9-11-39)41-21(2)28(29-24-19-35-36-26(24)17-25(33)30(29)34)31(37-41)40-12-7-22(18-32(40,3)4)20-38-13-15-44(5,43)16-14-38/h6,17,19,22-23H,1,7-16,18,20H2,2-5H3,(H,35,36)/t22-/m1/s1. The SMILES string of the molecule is C=CC(=O)N1CCC(n2nc(N3CC[C@@H](CN4CCP(C)(=O)CC4)CC3(C)C)c(-c3c(Cl)c(Cl)cc4[nH]ncc34)c2C)CC1. The number of carbonyl (C=O) groups is 1. The van der Waals surface area contributed by atoms with Gasteiger partial charge in [-0.3, -0.25) is 14.6 Å². The lowest BCUT2D eigenvalue weighted by Gasteiger charge is -2.47. The Bertz CT molecular complexity index is 1610. The highest BCUT2D eigenvalue weighted by Gasteiger charge is 2.40. The van der Waals surface area contributed by atoms with E-state index in [0.29, 0.717) is 29.1 Å². The predicted molar refractivity (Wildman–Crippen MR) is 181 cm³/mol. The minimum absolute atomic E-state index is 0.0204. The molecule has 0 unspecified atom stereocenters. The molecule has 238 valence electrons. The van der Waals surface area contributed by atoms with E-state index < -0.39 is 7.14 Å². The van der Waals surface area contributed by atoms with Crippen molar-refractivity contribution in [1.29, 1.82) is 0 Å². The molecule has 3 aromatic rings. The van der Waals surface area contributed by atoms with Crippen LogP contribution in [0.3, 0.4) is 0 Å². The Morgan fingerprint density at radius 2 is 1.84 bits per heavy atom. The summed E-state index contributed by atoms with van der Waals surface area (Å²) in [5.41, 5.74) is 3.57. The van der Waals surface area contributed by atoms with E-state index in [2.05, 4.69) is 52.0 Å². The van der Waals surface area contributed by atoms with Crippen molar-refractivity contribution in [2.24, 2.45) is 5.92 Å². The molecule has 0 radical (unpaired) electrons. The van der Waals surface area contributed by atoms with E-state index in [-0.39, 0.29) is 17.5 Å². The summed E-state index contributed by atoms with van der Waals surface area (Å²) in [4.78, 5) is 19.1. The lowest BCUT2D eigenvalue weighted by atomic mass is 9.82. The fraction of sp³-hybridized carbons (Fsp3) is 0.594. The van der Waals surface area contributed by atoms with Crippen LogP contribution in [0.15, 0.2) is 24.9 Å². The van der Waals surface area contributed by atoms with Gasteiger partial charge >= 0.3 is 0 Å². The van der Waals surface area contributed by atoms with Crippen LogP contribution in [0, 0.1) is 12.8 Å². The third-order valence-electron chi connectivity index (χ3n) is 10.1. The molecule has 0 spiro atoms. The number of hydrogen-bond acceptors (Lipinski definition) is 6. The molecule has 0 aliphatic carbocycles. The molecular formula is C32H44Cl2N7O2P. The van der Waals surface area contributed by atoms with Crippen LogP contribution in [0.4, 0.5) is 5.82 Å². The number of anilines is 1. The van der Waals surface area contributed by atoms with Gasteiger partial charge in [0.05, 0.1) is 34.9 Å². The van der Waals surface area contributed by atoms with Crippen LogP contribution in [0.2, 0.25) is 10.0 Å². The molecule has 3 saturated heterocycles. The smallest absolute Gasteiger partial charge is 0.245 e. The van der Waals surface area contributed by atoms with E-state index in [1.807, 2.05) is 23.8 Å². The molecule has 1 atom stereocenters. The molecule has 12 heteroatoms. The Kier molecular flexibility index (Phi) is 8.72.